The van der Waals surface area contributed by atoms with Gasteiger partial charge >= 0.3 is 29.6 Å². The molecule has 2 nitrogen and oxygen atoms in total. The summed E-state index contributed by atoms with van der Waals surface area (Å²) in [7, 11) is 0. The Labute approximate surface area is 66.0 Å². The molecule has 7 heavy (non-hydrogen) atoms. The van der Waals surface area contributed by atoms with E-state index in [-0.39, 0.29) is 35.5 Å². The van der Waals surface area contributed by atoms with E-state index < -0.39 is 0 Å². The van der Waals surface area contributed by atoms with E-state index >= 15 is 0 Å². The number of amides is 1. The van der Waals surface area contributed by atoms with Crippen molar-refractivity contribution in [2.75, 3.05) is 6.54 Å². The molecule has 0 aliphatic heterocycles. The van der Waals surface area contributed by atoms with Gasteiger partial charge in [0.1, 0.15) is 0 Å². The average Bonchev–Trinajstić information content (AvgIpc) is 1.35. The van der Waals surface area contributed by atoms with Crippen LogP contribution in [0, 0.1) is 0 Å². The Bertz CT molecular complexity index is 55.7. The van der Waals surface area contributed by atoms with E-state index in [1.807, 2.05) is 6.92 Å². The number of carbonyl (C=O) groups excluding carboxylic acids is 1. The summed E-state index contributed by atoms with van der Waals surface area (Å²) >= 11 is 0. The number of carbonyl (C=O) groups is 1. The molecule has 0 aromatic carbocycles. The van der Waals surface area contributed by atoms with Crippen LogP contribution < -0.4 is 34.9 Å². The van der Waals surface area contributed by atoms with Gasteiger partial charge in [-0.1, -0.05) is 0 Å². The quantitative estimate of drug-likeness (QED) is 0.362. The second-order valence-corrected chi connectivity index (χ2v) is 1.09. The first-order valence-corrected chi connectivity index (χ1v) is 2.01. The minimum Gasteiger partial charge on any atom is -0.357 e. The summed E-state index contributed by atoms with van der Waals surface area (Å²) in [5.74, 6) is 0.0394. The molecule has 3 heteroatoms. The van der Waals surface area contributed by atoms with Gasteiger partial charge in [-0.3, -0.25) is 4.79 Å². The monoisotopic (exact) mass is 110 g/mol. The molecule has 0 heterocycles. The normalized spacial score (nSPS) is 6.57. The minimum atomic E-state index is 0. The summed E-state index contributed by atoms with van der Waals surface area (Å²) in [6.07, 6.45) is 0. The van der Waals surface area contributed by atoms with Crippen molar-refractivity contribution in [3.63, 3.8) is 0 Å². The van der Waals surface area contributed by atoms with E-state index in [1.165, 1.54) is 6.92 Å². The van der Waals surface area contributed by atoms with Gasteiger partial charge in [0.05, 0.1) is 0 Å². The largest absolute Gasteiger partial charge is 1.00 e. The molecule has 0 radical (unpaired) electrons. The Hall–Kier alpha value is 0.470. The van der Waals surface area contributed by atoms with Gasteiger partial charge in [0.25, 0.3) is 0 Å². The maximum atomic E-state index is 9.93. The van der Waals surface area contributed by atoms with Crippen LogP contribution in [-0.4, -0.2) is 12.5 Å². The van der Waals surface area contributed by atoms with Crippen LogP contribution in [0.25, 0.3) is 0 Å². The molecule has 0 saturated carbocycles. The molecule has 1 amide bonds. The molecule has 0 aromatic heterocycles. The molecule has 36 valence electrons. The Morgan fingerprint density at radius 2 is 2.14 bits per heavy atom. The van der Waals surface area contributed by atoms with Crippen LogP contribution in [0.5, 0.6) is 0 Å². The van der Waals surface area contributed by atoms with Gasteiger partial charge in [-0.05, 0) is 6.92 Å². The van der Waals surface area contributed by atoms with Gasteiger partial charge in [0.15, 0.2) is 0 Å². The van der Waals surface area contributed by atoms with E-state index in [0.29, 0.717) is 0 Å². The Kier molecular flexibility index (Phi) is 9.66. The maximum absolute atomic E-state index is 9.93. The number of hydrogen-bond acceptors (Lipinski definition) is 1. The predicted molar refractivity (Wildman–Crippen MR) is 24.4 cm³/mol. The molecule has 0 aliphatic rings. The van der Waals surface area contributed by atoms with E-state index in [9.17, 15) is 4.79 Å². The predicted octanol–water partition coefficient (Wildman–Crippen LogP) is -2.85. The van der Waals surface area contributed by atoms with Gasteiger partial charge in [0, 0.05) is 13.5 Å². The Morgan fingerprint density at radius 3 is 2.14 bits per heavy atom. The van der Waals surface area contributed by atoms with Gasteiger partial charge in [-0.15, -0.1) is 0 Å². The first kappa shape index (κ1) is 10.5. The average molecular weight is 110 g/mol. The van der Waals surface area contributed by atoms with Crippen molar-refractivity contribution in [2.24, 2.45) is 0 Å². The van der Waals surface area contributed by atoms with Crippen molar-refractivity contribution < 1.29 is 34.4 Å². The zero-order valence-electron chi connectivity index (χ0n) is 5.12. The molecule has 1 N–H and O–H groups in total. The molecule has 0 atom stereocenters. The van der Waals surface area contributed by atoms with Crippen molar-refractivity contribution in [1.82, 2.24) is 5.32 Å². The van der Waals surface area contributed by atoms with Crippen LogP contribution >= 0.6 is 0 Å². The fourth-order valence-electron chi connectivity index (χ4n) is 0.249. The zero-order chi connectivity index (χ0) is 4.99. The first-order chi connectivity index (χ1) is 2.77. The molecule has 0 unspecified atom stereocenters. The van der Waals surface area contributed by atoms with Crippen molar-refractivity contribution in [3.8, 4) is 0 Å². The first-order valence-electron chi connectivity index (χ1n) is 2.01. The minimum absolute atomic E-state index is 0. The third kappa shape index (κ3) is 10.7. The molecular weight excluding hydrogens is 101 g/mol. The van der Waals surface area contributed by atoms with Crippen LogP contribution in [0.15, 0.2) is 0 Å². The van der Waals surface area contributed by atoms with Crippen LogP contribution in [-0.2, 0) is 4.79 Å². The van der Waals surface area contributed by atoms with E-state index in [0.717, 1.165) is 6.54 Å². The summed E-state index contributed by atoms with van der Waals surface area (Å²) in [6, 6.07) is 0. The molecule has 0 aliphatic carbocycles. The van der Waals surface area contributed by atoms with Crippen molar-refractivity contribution in [2.45, 2.75) is 13.8 Å². The zero-order valence-corrected chi connectivity index (χ0v) is 7.12. The molecule has 0 rings (SSSR count). The van der Waals surface area contributed by atoms with E-state index in [2.05, 4.69) is 5.32 Å². The number of nitrogens with one attached hydrogen (secondary N) is 1. The van der Waals surface area contributed by atoms with Crippen LogP contribution in [0.2, 0.25) is 0 Å². The summed E-state index contributed by atoms with van der Waals surface area (Å²) in [5.41, 5.74) is 0. The molecule has 0 saturated heterocycles. The summed E-state index contributed by atoms with van der Waals surface area (Å²) in [6.45, 7) is 4.13. The van der Waals surface area contributed by atoms with Crippen molar-refractivity contribution in [3.05, 3.63) is 0 Å². The molecule has 0 spiro atoms. The number of rotatable bonds is 1. The smallest absolute Gasteiger partial charge is 0.357 e. The summed E-state index contributed by atoms with van der Waals surface area (Å²) < 4.78 is 0. The van der Waals surface area contributed by atoms with Crippen LogP contribution in [0.1, 0.15) is 13.8 Å². The van der Waals surface area contributed by atoms with Crippen molar-refractivity contribution in [1.29, 1.82) is 0 Å². The fraction of sp³-hybridized carbons (Fsp3) is 0.750. The summed E-state index contributed by atoms with van der Waals surface area (Å²) in [4.78, 5) is 9.93. The van der Waals surface area contributed by atoms with Gasteiger partial charge in [-0.25, -0.2) is 0 Å². The second-order valence-electron chi connectivity index (χ2n) is 1.09. The molecule has 0 fully saturated rings. The van der Waals surface area contributed by atoms with E-state index in [4.69, 9.17) is 0 Å². The third-order valence-electron chi connectivity index (χ3n) is 0.426. The maximum Gasteiger partial charge on any atom is 1.00 e. The molecular formula is C4H9NNaO+. The van der Waals surface area contributed by atoms with E-state index in [1.54, 1.807) is 0 Å². The Balaban J connectivity index is 0. The van der Waals surface area contributed by atoms with Gasteiger partial charge in [0.2, 0.25) is 5.91 Å². The fourth-order valence-corrected chi connectivity index (χ4v) is 0.249. The molecule has 0 aromatic rings. The number of hydrogen-bond donors (Lipinski definition) is 1. The van der Waals surface area contributed by atoms with Crippen LogP contribution in [0.3, 0.4) is 0 Å². The SMILES string of the molecule is CCNC(C)=O.[Na+]. The third-order valence-corrected chi connectivity index (χ3v) is 0.426. The van der Waals surface area contributed by atoms with Gasteiger partial charge in [-0.2, -0.15) is 0 Å². The standard InChI is InChI=1S/C4H9NO.Na/c1-3-5-4(2)6;/h3H2,1-2H3,(H,5,6);/q;+1. The summed E-state index contributed by atoms with van der Waals surface area (Å²) in [5, 5.41) is 2.57. The molecule has 0 bridgehead atoms. The topological polar surface area (TPSA) is 29.1 Å². The van der Waals surface area contributed by atoms with Crippen LogP contribution in [0.4, 0.5) is 0 Å². The van der Waals surface area contributed by atoms with Crippen molar-refractivity contribution >= 4 is 5.91 Å². The Morgan fingerprint density at radius 1 is 1.71 bits per heavy atom. The second kappa shape index (κ2) is 6.47. The van der Waals surface area contributed by atoms with Gasteiger partial charge < -0.3 is 5.32 Å².